The van der Waals surface area contributed by atoms with Gasteiger partial charge in [0.1, 0.15) is 23.0 Å². The maximum Gasteiger partial charge on any atom is 0.135 e. The van der Waals surface area contributed by atoms with Gasteiger partial charge in [0.25, 0.3) is 0 Å². The Morgan fingerprint density at radius 2 is 0.853 bits per heavy atom. The van der Waals surface area contributed by atoms with E-state index >= 15 is 0 Å². The molecule has 0 fully saturated rings. The van der Waals surface area contributed by atoms with Crippen LogP contribution in [0.4, 0.5) is 11.4 Å². The summed E-state index contributed by atoms with van der Waals surface area (Å²) < 4.78 is 12.4. The number of nitrogen functional groups attached to an aromatic ring is 2. The molecule has 0 spiro atoms. The molecule has 0 radical (unpaired) electrons. The van der Waals surface area contributed by atoms with Crippen LogP contribution in [0, 0.1) is 0 Å². The smallest absolute Gasteiger partial charge is 0.135 e. The van der Waals surface area contributed by atoms with Crippen LogP contribution in [0.2, 0.25) is 0 Å². The van der Waals surface area contributed by atoms with E-state index in [0.29, 0.717) is 22.9 Å². The van der Waals surface area contributed by atoms with Gasteiger partial charge in [-0.3, -0.25) is 0 Å². The van der Waals surface area contributed by atoms with E-state index in [0.717, 1.165) is 33.8 Å². The van der Waals surface area contributed by atoms with Crippen molar-refractivity contribution in [2.75, 3.05) is 11.5 Å². The van der Waals surface area contributed by atoms with Crippen LogP contribution in [0.5, 0.6) is 23.0 Å². The zero-order valence-electron chi connectivity index (χ0n) is 18.5. The van der Waals surface area contributed by atoms with Gasteiger partial charge >= 0.3 is 0 Å². The number of anilines is 2. The largest absolute Gasteiger partial charge is 0.457 e. The Bertz CT molecular complexity index is 1340. The first-order chi connectivity index (χ1) is 16.7. The van der Waals surface area contributed by atoms with Gasteiger partial charge in [-0.2, -0.15) is 0 Å². The lowest BCUT2D eigenvalue weighted by Gasteiger charge is -2.14. The third-order valence-corrected chi connectivity index (χ3v) is 5.43. The second-order valence-corrected chi connectivity index (χ2v) is 7.92. The van der Waals surface area contributed by atoms with Crippen molar-refractivity contribution in [1.82, 2.24) is 0 Å². The maximum absolute atomic E-state index is 6.19. The van der Waals surface area contributed by atoms with Crippen molar-refractivity contribution in [3.05, 3.63) is 121 Å². The molecular formula is C30H24N2O2. The Morgan fingerprint density at radius 1 is 0.412 bits per heavy atom. The Balaban J connectivity index is 1.50. The second-order valence-electron chi connectivity index (χ2n) is 7.92. The van der Waals surface area contributed by atoms with Gasteiger partial charge < -0.3 is 20.9 Å². The quantitative estimate of drug-likeness (QED) is 0.262. The van der Waals surface area contributed by atoms with E-state index in [9.17, 15) is 0 Å². The molecular weight excluding hydrogens is 420 g/mol. The Morgan fingerprint density at radius 3 is 1.32 bits per heavy atom. The van der Waals surface area contributed by atoms with E-state index in [1.165, 1.54) is 0 Å². The summed E-state index contributed by atoms with van der Waals surface area (Å²) in [5.41, 5.74) is 17.2. The lowest BCUT2D eigenvalue weighted by Crippen LogP contribution is -1.92. The zero-order chi connectivity index (χ0) is 23.3. The van der Waals surface area contributed by atoms with Gasteiger partial charge in [0.2, 0.25) is 0 Å². The van der Waals surface area contributed by atoms with Gasteiger partial charge in [0, 0.05) is 34.6 Å². The minimum absolute atomic E-state index is 0.661. The fourth-order valence-electron chi connectivity index (χ4n) is 3.85. The summed E-state index contributed by atoms with van der Waals surface area (Å²) in [7, 11) is 0. The summed E-state index contributed by atoms with van der Waals surface area (Å²) >= 11 is 0. The molecule has 4 heteroatoms. The molecule has 0 saturated heterocycles. The summed E-state index contributed by atoms with van der Waals surface area (Å²) in [6.45, 7) is 0. The van der Waals surface area contributed by atoms with Crippen LogP contribution in [-0.4, -0.2) is 0 Å². The number of ether oxygens (including phenoxy) is 2. The van der Waals surface area contributed by atoms with Gasteiger partial charge in [0.05, 0.1) is 0 Å². The van der Waals surface area contributed by atoms with Crippen LogP contribution in [0.15, 0.2) is 121 Å². The highest BCUT2D eigenvalue weighted by atomic mass is 16.5. The van der Waals surface area contributed by atoms with Gasteiger partial charge in [0.15, 0.2) is 0 Å². The summed E-state index contributed by atoms with van der Waals surface area (Å²) in [6.07, 6.45) is 0. The molecule has 0 aliphatic carbocycles. The van der Waals surface area contributed by atoms with E-state index < -0.39 is 0 Å². The summed E-state index contributed by atoms with van der Waals surface area (Å²) in [4.78, 5) is 0. The van der Waals surface area contributed by atoms with Crippen molar-refractivity contribution < 1.29 is 9.47 Å². The molecule has 0 aromatic heterocycles. The molecule has 4 N–H and O–H groups in total. The molecule has 0 aliphatic rings. The van der Waals surface area contributed by atoms with Gasteiger partial charge in [-0.05, 0) is 53.6 Å². The van der Waals surface area contributed by atoms with Crippen molar-refractivity contribution in [2.45, 2.75) is 0 Å². The first-order valence-electron chi connectivity index (χ1n) is 11.0. The van der Waals surface area contributed by atoms with Crippen molar-refractivity contribution >= 4 is 11.4 Å². The highest BCUT2D eigenvalue weighted by Gasteiger charge is 2.11. The van der Waals surface area contributed by atoms with Crippen LogP contribution >= 0.6 is 0 Å². The Labute approximate surface area is 199 Å². The molecule has 0 atom stereocenters. The number of hydrogen-bond acceptors (Lipinski definition) is 4. The number of nitrogens with two attached hydrogens (primary N) is 2. The van der Waals surface area contributed by atoms with Crippen molar-refractivity contribution in [3.8, 4) is 45.3 Å². The van der Waals surface area contributed by atoms with Crippen molar-refractivity contribution in [2.24, 2.45) is 0 Å². The van der Waals surface area contributed by atoms with E-state index in [4.69, 9.17) is 20.9 Å². The minimum Gasteiger partial charge on any atom is -0.457 e. The molecule has 5 aromatic carbocycles. The summed E-state index contributed by atoms with van der Waals surface area (Å²) in [5.74, 6) is 2.91. The van der Waals surface area contributed by atoms with Crippen LogP contribution in [0.1, 0.15) is 0 Å². The zero-order valence-corrected chi connectivity index (χ0v) is 18.5. The summed E-state index contributed by atoms with van der Waals surface area (Å²) in [5, 5.41) is 0. The topological polar surface area (TPSA) is 70.5 Å². The van der Waals surface area contributed by atoms with Gasteiger partial charge in [-0.15, -0.1) is 0 Å². The average Bonchev–Trinajstić information content (AvgIpc) is 2.85. The maximum atomic E-state index is 6.19. The first-order valence-corrected chi connectivity index (χ1v) is 11.0. The predicted octanol–water partition coefficient (Wildman–Crippen LogP) is 7.77. The molecule has 0 aliphatic heterocycles. The monoisotopic (exact) mass is 444 g/mol. The van der Waals surface area contributed by atoms with Crippen molar-refractivity contribution in [1.29, 1.82) is 0 Å². The van der Waals surface area contributed by atoms with E-state index in [1.54, 1.807) is 0 Å². The highest BCUT2D eigenvalue weighted by molar-refractivity contribution is 5.79. The predicted molar refractivity (Wildman–Crippen MR) is 139 cm³/mol. The second kappa shape index (κ2) is 9.43. The fourth-order valence-corrected chi connectivity index (χ4v) is 3.85. The molecule has 0 unspecified atom stereocenters. The standard InChI is InChI=1S/C30H24N2O2/c31-23-10-6-12-25(19-23)33-29-16-3-1-14-27(29)21-8-5-9-22(18-21)28-15-2-4-17-30(28)34-26-13-7-11-24(32)20-26/h1-20H,31-32H2. The van der Waals surface area contributed by atoms with E-state index in [-0.39, 0.29) is 0 Å². The molecule has 166 valence electrons. The highest BCUT2D eigenvalue weighted by Crippen LogP contribution is 2.38. The molecule has 5 rings (SSSR count). The van der Waals surface area contributed by atoms with Crippen LogP contribution in [0.3, 0.4) is 0 Å². The summed E-state index contributed by atoms with van der Waals surface area (Å²) in [6, 6.07) is 39.2. The van der Waals surface area contributed by atoms with Gasteiger partial charge in [-0.1, -0.05) is 66.7 Å². The van der Waals surface area contributed by atoms with Crippen LogP contribution < -0.4 is 20.9 Å². The SMILES string of the molecule is Nc1cccc(Oc2ccccc2-c2cccc(-c3ccccc3Oc3cccc(N)c3)c2)c1. The molecule has 4 nitrogen and oxygen atoms in total. The Hall–Kier alpha value is -4.70. The molecule has 0 saturated carbocycles. The third-order valence-electron chi connectivity index (χ3n) is 5.43. The molecule has 0 bridgehead atoms. The first kappa shape index (κ1) is 21.2. The van der Waals surface area contributed by atoms with E-state index in [1.807, 2.05) is 91.0 Å². The third kappa shape index (κ3) is 4.71. The molecule has 5 aromatic rings. The van der Waals surface area contributed by atoms with Crippen molar-refractivity contribution in [3.63, 3.8) is 0 Å². The van der Waals surface area contributed by atoms with Crippen LogP contribution in [-0.2, 0) is 0 Å². The number of rotatable bonds is 6. The van der Waals surface area contributed by atoms with E-state index in [2.05, 4.69) is 30.3 Å². The fraction of sp³-hybridized carbons (Fsp3) is 0. The number of hydrogen-bond donors (Lipinski definition) is 2. The molecule has 0 heterocycles. The molecule has 0 amide bonds. The van der Waals surface area contributed by atoms with Crippen LogP contribution in [0.25, 0.3) is 22.3 Å². The lowest BCUT2D eigenvalue weighted by atomic mass is 9.98. The lowest BCUT2D eigenvalue weighted by molar-refractivity contribution is 0.485. The minimum atomic E-state index is 0.661. The van der Waals surface area contributed by atoms with Gasteiger partial charge in [-0.25, -0.2) is 0 Å². The molecule has 34 heavy (non-hydrogen) atoms. The number of para-hydroxylation sites is 2. The number of benzene rings is 5. The normalized spacial score (nSPS) is 10.6. The Kier molecular flexibility index (Phi) is 5.87. The average molecular weight is 445 g/mol.